The highest BCUT2D eigenvalue weighted by Crippen LogP contribution is 2.36. The molecule has 1 aromatic heterocycles. The van der Waals surface area contributed by atoms with E-state index in [2.05, 4.69) is 4.98 Å². The third kappa shape index (κ3) is 3.15. The summed E-state index contributed by atoms with van der Waals surface area (Å²) < 4.78 is 5.41. The minimum absolute atomic E-state index is 0.112. The van der Waals surface area contributed by atoms with Crippen LogP contribution in [-0.4, -0.2) is 9.91 Å². The van der Waals surface area contributed by atoms with Crippen molar-refractivity contribution in [2.24, 2.45) is 0 Å². The second-order valence-corrected chi connectivity index (χ2v) is 5.33. The topological polar surface area (TPSA) is 65.3 Å². The second-order valence-electron chi connectivity index (χ2n) is 3.66. The van der Waals surface area contributed by atoms with Crippen LogP contribution in [0, 0.1) is 17.0 Å². The van der Waals surface area contributed by atoms with Gasteiger partial charge in [-0.05, 0) is 18.6 Å². The molecule has 0 atom stereocenters. The molecule has 0 saturated carbocycles. The largest absolute Gasteiger partial charge is 0.423 e. The molecule has 0 aliphatic rings. The summed E-state index contributed by atoms with van der Waals surface area (Å²) in [5.41, 5.74) is 0.663. The molecule has 0 N–H and O–H groups in total. The smallest absolute Gasteiger partial charge is 0.311 e. The van der Waals surface area contributed by atoms with Crippen molar-refractivity contribution in [3.63, 3.8) is 0 Å². The number of halogens is 2. The van der Waals surface area contributed by atoms with Crippen LogP contribution in [0.5, 0.6) is 10.9 Å². The first-order chi connectivity index (χ1) is 9.01. The van der Waals surface area contributed by atoms with Gasteiger partial charge in [-0.3, -0.25) is 10.1 Å². The molecule has 0 aliphatic carbocycles. The van der Waals surface area contributed by atoms with Crippen LogP contribution in [0.3, 0.4) is 0 Å². The van der Waals surface area contributed by atoms with Crippen molar-refractivity contribution in [3.05, 3.63) is 43.9 Å². The van der Waals surface area contributed by atoms with E-state index in [9.17, 15) is 10.1 Å². The maximum absolute atomic E-state index is 11.0. The Morgan fingerprint density at radius 2 is 2.26 bits per heavy atom. The van der Waals surface area contributed by atoms with E-state index in [1.165, 1.54) is 12.1 Å². The normalized spacial score (nSPS) is 10.5. The average molecular weight is 319 g/mol. The summed E-state index contributed by atoms with van der Waals surface area (Å²) >= 11 is 12.7. The van der Waals surface area contributed by atoms with Gasteiger partial charge in [0.25, 0.3) is 5.19 Å². The average Bonchev–Trinajstić information content (AvgIpc) is 2.71. The number of aromatic nitrogens is 1. The Morgan fingerprint density at radius 1 is 1.53 bits per heavy atom. The SMILES string of the molecule is Cc1ccc(Oc2nc(Cl)c(CCl)s2)c([N+](=O)[O-])c1. The van der Waals surface area contributed by atoms with Crippen molar-refractivity contribution in [3.8, 4) is 10.9 Å². The molecule has 2 rings (SSSR count). The molecule has 0 fully saturated rings. The summed E-state index contributed by atoms with van der Waals surface area (Å²) in [6, 6.07) is 4.69. The lowest BCUT2D eigenvalue weighted by Gasteiger charge is -2.03. The number of thiazole rings is 1. The zero-order valence-electron chi connectivity index (χ0n) is 9.72. The number of benzene rings is 1. The lowest BCUT2D eigenvalue weighted by atomic mass is 10.2. The van der Waals surface area contributed by atoms with Gasteiger partial charge in [-0.2, -0.15) is 4.98 Å². The predicted molar refractivity (Wildman–Crippen MR) is 74.6 cm³/mol. The fourth-order valence-electron chi connectivity index (χ4n) is 1.39. The molecular weight excluding hydrogens is 311 g/mol. The summed E-state index contributed by atoms with van der Waals surface area (Å²) in [6.07, 6.45) is 0. The van der Waals surface area contributed by atoms with E-state index >= 15 is 0 Å². The monoisotopic (exact) mass is 318 g/mol. The van der Waals surface area contributed by atoms with E-state index < -0.39 is 4.92 Å². The van der Waals surface area contributed by atoms with Crippen LogP contribution in [0.15, 0.2) is 18.2 Å². The zero-order chi connectivity index (χ0) is 14.0. The van der Waals surface area contributed by atoms with Crippen molar-refractivity contribution in [2.45, 2.75) is 12.8 Å². The maximum atomic E-state index is 11.0. The number of rotatable bonds is 4. The first-order valence-electron chi connectivity index (χ1n) is 5.15. The number of ether oxygens (including phenoxy) is 1. The number of alkyl halides is 1. The van der Waals surface area contributed by atoms with Gasteiger partial charge in [-0.25, -0.2) is 0 Å². The van der Waals surface area contributed by atoms with Crippen LogP contribution >= 0.6 is 34.5 Å². The molecule has 0 radical (unpaired) electrons. The first-order valence-corrected chi connectivity index (χ1v) is 6.88. The molecule has 100 valence electrons. The third-order valence-electron chi connectivity index (χ3n) is 2.26. The number of hydrogen-bond donors (Lipinski definition) is 0. The number of nitrogens with zero attached hydrogens (tertiary/aromatic N) is 2. The highest BCUT2D eigenvalue weighted by molar-refractivity contribution is 7.14. The second kappa shape index (κ2) is 5.73. The van der Waals surface area contributed by atoms with E-state index in [0.717, 1.165) is 16.9 Å². The minimum Gasteiger partial charge on any atom is -0.423 e. The summed E-state index contributed by atoms with van der Waals surface area (Å²) in [5.74, 6) is 0.345. The summed E-state index contributed by atoms with van der Waals surface area (Å²) in [5, 5.41) is 11.4. The Bertz CT molecular complexity index is 630. The van der Waals surface area contributed by atoms with Gasteiger partial charge in [0.05, 0.1) is 15.7 Å². The summed E-state index contributed by atoms with van der Waals surface area (Å²) in [6.45, 7) is 1.77. The molecule has 2 aromatic rings. The lowest BCUT2D eigenvalue weighted by Crippen LogP contribution is -1.93. The Morgan fingerprint density at radius 3 is 2.84 bits per heavy atom. The number of hydrogen-bond acceptors (Lipinski definition) is 5. The predicted octanol–water partition coefficient (Wildman–Crippen LogP) is 4.54. The van der Waals surface area contributed by atoms with Crippen LogP contribution < -0.4 is 4.74 Å². The number of nitro groups is 1. The molecule has 0 saturated heterocycles. The maximum Gasteiger partial charge on any atom is 0.311 e. The van der Waals surface area contributed by atoms with Crippen molar-refractivity contribution < 1.29 is 9.66 Å². The fourth-order valence-corrected chi connectivity index (χ4v) is 2.72. The van der Waals surface area contributed by atoms with Crippen LogP contribution in [0.4, 0.5) is 5.69 Å². The first kappa shape index (κ1) is 14.0. The van der Waals surface area contributed by atoms with Gasteiger partial charge in [-0.15, -0.1) is 11.6 Å². The molecule has 0 amide bonds. The van der Waals surface area contributed by atoms with E-state index in [1.807, 2.05) is 0 Å². The van der Waals surface area contributed by atoms with Gasteiger partial charge in [0.2, 0.25) is 5.75 Å². The van der Waals surface area contributed by atoms with Crippen LogP contribution in [0.2, 0.25) is 5.15 Å². The Kier molecular flexibility index (Phi) is 4.24. The summed E-state index contributed by atoms with van der Waals surface area (Å²) in [7, 11) is 0. The minimum atomic E-state index is -0.500. The highest BCUT2D eigenvalue weighted by atomic mass is 35.5. The standard InChI is InChI=1S/C11H8Cl2N2O3S/c1-6-2-3-8(7(4-6)15(16)17)18-11-14-10(13)9(5-12)19-11/h2-4H,5H2,1H3. The molecule has 19 heavy (non-hydrogen) atoms. The molecule has 1 aromatic carbocycles. The lowest BCUT2D eigenvalue weighted by molar-refractivity contribution is -0.385. The van der Waals surface area contributed by atoms with E-state index in [0.29, 0.717) is 4.88 Å². The molecule has 8 heteroatoms. The van der Waals surface area contributed by atoms with Gasteiger partial charge < -0.3 is 4.74 Å². The van der Waals surface area contributed by atoms with Gasteiger partial charge in [0.15, 0.2) is 0 Å². The van der Waals surface area contributed by atoms with Gasteiger partial charge in [0.1, 0.15) is 5.15 Å². The molecule has 5 nitrogen and oxygen atoms in total. The van der Waals surface area contributed by atoms with Crippen LogP contribution in [-0.2, 0) is 5.88 Å². The molecule has 0 bridgehead atoms. The number of nitro benzene ring substituents is 1. The Labute approximate surface area is 122 Å². The van der Waals surface area contributed by atoms with Crippen molar-refractivity contribution >= 4 is 40.2 Å². The summed E-state index contributed by atoms with van der Waals surface area (Å²) in [4.78, 5) is 15.1. The Hall–Kier alpha value is -1.37. The van der Waals surface area contributed by atoms with E-state index in [4.69, 9.17) is 27.9 Å². The van der Waals surface area contributed by atoms with Crippen LogP contribution in [0.25, 0.3) is 0 Å². The van der Waals surface area contributed by atoms with Gasteiger partial charge in [0, 0.05) is 6.07 Å². The van der Waals surface area contributed by atoms with Crippen LogP contribution in [0.1, 0.15) is 10.4 Å². The van der Waals surface area contributed by atoms with E-state index in [1.54, 1.807) is 13.0 Å². The molecular formula is C11H8Cl2N2O3S. The number of aryl methyl sites for hydroxylation is 1. The molecule has 0 spiro atoms. The molecule has 0 unspecified atom stereocenters. The van der Waals surface area contributed by atoms with Gasteiger partial charge >= 0.3 is 5.69 Å². The highest BCUT2D eigenvalue weighted by Gasteiger charge is 2.18. The van der Waals surface area contributed by atoms with Crippen molar-refractivity contribution in [1.29, 1.82) is 0 Å². The molecule has 1 heterocycles. The quantitative estimate of drug-likeness (QED) is 0.471. The zero-order valence-corrected chi connectivity index (χ0v) is 12.1. The molecule has 0 aliphatic heterocycles. The Balaban J connectivity index is 2.34. The van der Waals surface area contributed by atoms with Crippen molar-refractivity contribution in [1.82, 2.24) is 4.98 Å². The van der Waals surface area contributed by atoms with E-state index in [-0.39, 0.29) is 27.7 Å². The van der Waals surface area contributed by atoms with Gasteiger partial charge in [-0.1, -0.05) is 29.0 Å². The fraction of sp³-hybridized carbons (Fsp3) is 0.182. The van der Waals surface area contributed by atoms with Crippen molar-refractivity contribution in [2.75, 3.05) is 0 Å². The third-order valence-corrected chi connectivity index (χ3v) is 4.04.